The molecule has 96 valence electrons. The molecular weight excluding hydrogens is 216 g/mol. The number of hydrogen-bond acceptors (Lipinski definition) is 5. The van der Waals surface area contributed by atoms with Gasteiger partial charge in [-0.25, -0.2) is 0 Å². The zero-order valence-electron chi connectivity index (χ0n) is 10.8. The molecule has 1 N–H and O–H groups in total. The quantitative estimate of drug-likeness (QED) is 0.858. The minimum atomic E-state index is 0.647. The highest BCUT2D eigenvalue weighted by atomic mass is 16.5. The molecular formula is C12H22N4O. The highest BCUT2D eigenvalue weighted by Gasteiger charge is 2.20. The lowest BCUT2D eigenvalue weighted by molar-refractivity contribution is 0.176. The van der Waals surface area contributed by atoms with E-state index < -0.39 is 0 Å². The minimum absolute atomic E-state index is 0.647. The average Bonchev–Trinajstić information content (AvgIpc) is 2.58. The second kappa shape index (κ2) is 6.12. The maximum Gasteiger partial charge on any atom is 0.223 e. The van der Waals surface area contributed by atoms with Crippen LogP contribution in [-0.2, 0) is 6.54 Å². The molecule has 5 heteroatoms. The predicted octanol–water partition coefficient (Wildman–Crippen LogP) is 1.34. The van der Waals surface area contributed by atoms with Crippen LogP contribution >= 0.6 is 0 Å². The van der Waals surface area contributed by atoms with E-state index in [1.54, 1.807) is 0 Å². The summed E-state index contributed by atoms with van der Waals surface area (Å²) >= 11 is 0. The lowest BCUT2D eigenvalue weighted by atomic mass is 10.1. The first-order valence-electron chi connectivity index (χ1n) is 6.53. The Labute approximate surface area is 103 Å². The van der Waals surface area contributed by atoms with Gasteiger partial charge >= 0.3 is 0 Å². The molecule has 0 amide bonds. The summed E-state index contributed by atoms with van der Waals surface area (Å²) in [6.07, 6.45) is 3.73. The van der Waals surface area contributed by atoms with Crippen LogP contribution in [0.1, 0.15) is 37.9 Å². The van der Waals surface area contributed by atoms with Crippen LogP contribution in [0.3, 0.4) is 0 Å². The third-order valence-electron chi connectivity index (χ3n) is 3.38. The molecule has 0 saturated carbocycles. The summed E-state index contributed by atoms with van der Waals surface area (Å²) in [7, 11) is 0. The molecule has 1 atom stereocenters. The molecule has 2 rings (SSSR count). The van der Waals surface area contributed by atoms with E-state index in [0.29, 0.717) is 11.9 Å². The number of nitrogens with zero attached hydrogens (tertiary/aromatic N) is 3. The summed E-state index contributed by atoms with van der Waals surface area (Å²) in [5, 5.41) is 7.43. The Morgan fingerprint density at radius 1 is 1.41 bits per heavy atom. The average molecular weight is 238 g/mol. The van der Waals surface area contributed by atoms with Crippen molar-refractivity contribution in [3.63, 3.8) is 0 Å². The molecule has 1 aliphatic heterocycles. The summed E-state index contributed by atoms with van der Waals surface area (Å²) in [6, 6.07) is 0.647. The molecule has 0 bridgehead atoms. The maximum absolute atomic E-state index is 5.02. The Hall–Kier alpha value is -0.940. The van der Waals surface area contributed by atoms with Crippen LogP contribution < -0.4 is 5.32 Å². The zero-order valence-corrected chi connectivity index (χ0v) is 10.8. The molecule has 1 aromatic heterocycles. The van der Waals surface area contributed by atoms with E-state index in [1.165, 1.54) is 19.3 Å². The van der Waals surface area contributed by atoms with E-state index in [-0.39, 0.29) is 0 Å². The van der Waals surface area contributed by atoms with Gasteiger partial charge in [0.1, 0.15) is 0 Å². The normalized spacial score (nSPS) is 21.7. The summed E-state index contributed by atoms with van der Waals surface area (Å²) in [6.45, 7) is 8.15. The molecule has 17 heavy (non-hydrogen) atoms. The molecule has 1 saturated heterocycles. The smallest absolute Gasteiger partial charge is 0.223 e. The summed E-state index contributed by atoms with van der Waals surface area (Å²) in [5.41, 5.74) is 0. The first kappa shape index (κ1) is 12.5. The van der Waals surface area contributed by atoms with E-state index in [4.69, 9.17) is 4.52 Å². The third-order valence-corrected chi connectivity index (χ3v) is 3.38. The highest BCUT2D eigenvalue weighted by molar-refractivity contribution is 4.86. The van der Waals surface area contributed by atoms with Crippen molar-refractivity contribution < 1.29 is 4.52 Å². The van der Waals surface area contributed by atoms with Gasteiger partial charge in [0, 0.05) is 13.0 Å². The molecule has 1 unspecified atom stereocenters. The summed E-state index contributed by atoms with van der Waals surface area (Å²) in [4.78, 5) is 6.74. The molecule has 0 aliphatic carbocycles. The van der Waals surface area contributed by atoms with E-state index in [2.05, 4.69) is 27.3 Å². The van der Waals surface area contributed by atoms with Crippen LogP contribution in [-0.4, -0.2) is 40.7 Å². The van der Waals surface area contributed by atoms with Gasteiger partial charge in [0.25, 0.3) is 0 Å². The molecule has 2 heterocycles. The molecule has 0 radical (unpaired) electrons. The fourth-order valence-corrected chi connectivity index (χ4v) is 2.45. The number of hydrogen-bond donors (Lipinski definition) is 1. The number of nitrogens with one attached hydrogen (secondary N) is 1. The fourth-order valence-electron chi connectivity index (χ4n) is 2.45. The van der Waals surface area contributed by atoms with Gasteiger partial charge in [-0.15, -0.1) is 0 Å². The van der Waals surface area contributed by atoms with Crippen LogP contribution in [0, 0.1) is 6.92 Å². The molecule has 0 aromatic carbocycles. The summed E-state index contributed by atoms with van der Waals surface area (Å²) < 4.78 is 5.02. The minimum Gasteiger partial charge on any atom is -0.340 e. The summed E-state index contributed by atoms with van der Waals surface area (Å²) in [5.74, 6) is 1.46. The Balaban J connectivity index is 1.95. The Bertz CT molecular complexity index is 331. The van der Waals surface area contributed by atoms with Crippen molar-refractivity contribution in [3.8, 4) is 0 Å². The van der Waals surface area contributed by atoms with E-state index in [0.717, 1.165) is 32.0 Å². The molecule has 5 nitrogen and oxygen atoms in total. The third kappa shape index (κ3) is 3.51. The van der Waals surface area contributed by atoms with Crippen LogP contribution in [0.5, 0.6) is 0 Å². The second-order valence-electron chi connectivity index (χ2n) is 4.63. The van der Waals surface area contributed by atoms with Crippen molar-refractivity contribution in [1.29, 1.82) is 0 Å². The van der Waals surface area contributed by atoms with E-state index in [9.17, 15) is 0 Å². The van der Waals surface area contributed by atoms with Crippen LogP contribution in [0.15, 0.2) is 4.52 Å². The standard InChI is InChI=1S/C12H22N4O/c1-3-16(9-12-14-10(2)17-15-12)11-5-4-7-13-8-6-11/h11,13H,3-9H2,1-2H3. The van der Waals surface area contributed by atoms with Crippen LogP contribution in [0.25, 0.3) is 0 Å². The molecule has 0 spiro atoms. The van der Waals surface area contributed by atoms with Crippen molar-refractivity contribution in [1.82, 2.24) is 20.4 Å². The van der Waals surface area contributed by atoms with Gasteiger partial charge in [-0.2, -0.15) is 4.98 Å². The largest absolute Gasteiger partial charge is 0.340 e. The topological polar surface area (TPSA) is 54.2 Å². The number of aryl methyl sites for hydroxylation is 1. The molecule has 1 aromatic rings. The van der Waals surface area contributed by atoms with Gasteiger partial charge in [-0.1, -0.05) is 12.1 Å². The van der Waals surface area contributed by atoms with Gasteiger partial charge in [0.2, 0.25) is 5.89 Å². The lowest BCUT2D eigenvalue weighted by Gasteiger charge is -2.28. The van der Waals surface area contributed by atoms with Crippen molar-refractivity contribution in [2.24, 2.45) is 0 Å². The zero-order chi connectivity index (χ0) is 12.1. The SMILES string of the molecule is CCN(Cc1noc(C)n1)C1CCCNCC1. The highest BCUT2D eigenvalue weighted by Crippen LogP contribution is 2.15. The van der Waals surface area contributed by atoms with E-state index >= 15 is 0 Å². The predicted molar refractivity (Wildman–Crippen MR) is 65.6 cm³/mol. The van der Waals surface area contributed by atoms with Gasteiger partial charge in [-0.3, -0.25) is 4.90 Å². The van der Waals surface area contributed by atoms with Gasteiger partial charge < -0.3 is 9.84 Å². The van der Waals surface area contributed by atoms with Crippen molar-refractivity contribution in [2.45, 2.75) is 45.7 Å². The molecule has 1 fully saturated rings. The Morgan fingerprint density at radius 2 is 2.29 bits per heavy atom. The Morgan fingerprint density at radius 3 is 3.00 bits per heavy atom. The van der Waals surface area contributed by atoms with Gasteiger partial charge in [-0.05, 0) is 38.9 Å². The van der Waals surface area contributed by atoms with E-state index in [1.807, 2.05) is 6.92 Å². The number of rotatable bonds is 4. The van der Waals surface area contributed by atoms with Crippen molar-refractivity contribution >= 4 is 0 Å². The molecule has 1 aliphatic rings. The fraction of sp³-hybridized carbons (Fsp3) is 0.833. The lowest BCUT2D eigenvalue weighted by Crippen LogP contribution is -2.35. The van der Waals surface area contributed by atoms with Gasteiger partial charge in [0.05, 0.1) is 6.54 Å². The number of aromatic nitrogens is 2. The monoisotopic (exact) mass is 238 g/mol. The van der Waals surface area contributed by atoms with Crippen molar-refractivity contribution in [3.05, 3.63) is 11.7 Å². The first-order valence-corrected chi connectivity index (χ1v) is 6.53. The van der Waals surface area contributed by atoms with Gasteiger partial charge in [0.15, 0.2) is 5.82 Å². The second-order valence-corrected chi connectivity index (χ2v) is 4.63. The van der Waals surface area contributed by atoms with Crippen LogP contribution in [0.2, 0.25) is 0 Å². The Kier molecular flexibility index (Phi) is 4.50. The van der Waals surface area contributed by atoms with Crippen LogP contribution in [0.4, 0.5) is 0 Å². The maximum atomic E-state index is 5.02. The van der Waals surface area contributed by atoms with Crippen molar-refractivity contribution in [2.75, 3.05) is 19.6 Å². The first-order chi connectivity index (χ1) is 8.29.